The molecule has 6 aromatic heterocycles. The highest BCUT2D eigenvalue weighted by Crippen LogP contribution is 2.45. The Morgan fingerprint density at radius 3 is 1.14 bits per heavy atom. The molecule has 0 aliphatic heterocycles. The molecule has 18 rings (SSSR count). The van der Waals surface area contributed by atoms with Gasteiger partial charge in [-0.1, -0.05) is 200 Å². The second-order valence-corrected chi connectivity index (χ2v) is 24.5. The van der Waals surface area contributed by atoms with Crippen molar-refractivity contribution >= 4 is 138 Å². The van der Waals surface area contributed by atoms with E-state index in [0.717, 1.165) is 28.2 Å². The van der Waals surface area contributed by atoms with Crippen molar-refractivity contribution in [2.75, 3.05) is 0 Å². The molecule has 83 heavy (non-hydrogen) atoms. The molecule has 12 aromatic carbocycles. The standard InChI is InChI=1S/C41H26N2S.C36H21NS2/c1-3-12-27(13-4-1)36-25-30(26-37(42-36)28-14-5-2-6-15-28)43-38-20-9-7-16-32(38)35-24-29(22-23-39(35)43)31-18-11-19-34-33-17-8-10-21-40(33)44-41(31)34;1-4-13-31-25(8-1)29-20-22(24-11-7-12-28-26-9-2-6-15-34(26)39-36(24)28)16-18-32(29)37(31)23-17-19-35-30(21-23)27-10-3-5-14-33(27)38-35/h1-26H;1-21H. The number of nitrogens with zero attached hydrogens (tertiary/aromatic N) is 3. The highest BCUT2D eigenvalue weighted by Gasteiger charge is 2.20. The van der Waals surface area contributed by atoms with Crippen LogP contribution in [-0.2, 0) is 0 Å². The van der Waals surface area contributed by atoms with E-state index >= 15 is 0 Å². The summed E-state index contributed by atoms with van der Waals surface area (Å²) in [6.45, 7) is 0. The van der Waals surface area contributed by atoms with Gasteiger partial charge in [-0.25, -0.2) is 4.98 Å². The van der Waals surface area contributed by atoms with Crippen molar-refractivity contribution in [2.45, 2.75) is 0 Å². The molecule has 0 radical (unpaired) electrons. The average molecular weight is 1110 g/mol. The van der Waals surface area contributed by atoms with Gasteiger partial charge in [-0.05, 0) is 107 Å². The van der Waals surface area contributed by atoms with Gasteiger partial charge in [0.1, 0.15) is 0 Å². The van der Waals surface area contributed by atoms with Gasteiger partial charge in [0.15, 0.2) is 0 Å². The number of aromatic nitrogens is 3. The maximum atomic E-state index is 5.13. The highest BCUT2D eigenvalue weighted by atomic mass is 32.1. The van der Waals surface area contributed by atoms with E-state index in [2.05, 4.69) is 294 Å². The fourth-order valence-corrected chi connectivity index (χ4v) is 16.4. The molecule has 0 aliphatic carbocycles. The Morgan fingerprint density at radius 2 is 0.627 bits per heavy atom. The van der Waals surface area contributed by atoms with E-state index in [1.807, 2.05) is 34.0 Å². The van der Waals surface area contributed by atoms with Gasteiger partial charge in [0.2, 0.25) is 0 Å². The Morgan fingerprint density at radius 1 is 0.229 bits per heavy atom. The molecule has 0 atom stereocenters. The number of pyridine rings is 1. The lowest BCUT2D eigenvalue weighted by Gasteiger charge is -2.13. The second-order valence-electron chi connectivity index (χ2n) is 21.3. The zero-order chi connectivity index (χ0) is 54.5. The summed E-state index contributed by atoms with van der Waals surface area (Å²) >= 11 is 5.64. The minimum Gasteiger partial charge on any atom is -0.309 e. The minimum atomic E-state index is 0.959. The lowest BCUT2D eigenvalue weighted by Crippen LogP contribution is -1.98. The molecule has 0 spiro atoms. The van der Waals surface area contributed by atoms with Crippen LogP contribution in [0.1, 0.15) is 0 Å². The van der Waals surface area contributed by atoms with Crippen LogP contribution >= 0.6 is 34.0 Å². The van der Waals surface area contributed by atoms with Crippen molar-refractivity contribution in [2.24, 2.45) is 0 Å². The van der Waals surface area contributed by atoms with Crippen LogP contribution in [0.15, 0.2) is 285 Å². The quantitative estimate of drug-likeness (QED) is 0.163. The first-order chi connectivity index (χ1) is 41.1. The third-order valence-electron chi connectivity index (χ3n) is 16.6. The zero-order valence-electron chi connectivity index (χ0n) is 44.7. The monoisotopic (exact) mass is 1110 g/mol. The highest BCUT2D eigenvalue weighted by molar-refractivity contribution is 7.27. The Balaban J connectivity index is 0.000000132. The number of fused-ring (bicyclic) bond motifs is 15. The first-order valence-electron chi connectivity index (χ1n) is 28.1. The molecule has 0 saturated carbocycles. The Kier molecular flexibility index (Phi) is 11.2. The van der Waals surface area contributed by atoms with Crippen LogP contribution in [0.25, 0.3) is 160 Å². The smallest absolute Gasteiger partial charge is 0.0730 e. The summed E-state index contributed by atoms with van der Waals surface area (Å²) in [6, 6.07) is 103. The fourth-order valence-electron chi connectivity index (χ4n) is 12.8. The summed E-state index contributed by atoms with van der Waals surface area (Å²) in [5, 5.41) is 13.1. The SMILES string of the molecule is c1ccc(-c2cc(-n3c4ccccc4c4cc(-c5cccc6c5sc5ccccc56)ccc43)cc(-c3ccccc3)n2)cc1.c1ccc2c(c1)sc1ccc(-n3c4ccccc4c4cc(-c5cccc6c5sc5ccccc56)ccc43)cc12. The summed E-state index contributed by atoms with van der Waals surface area (Å²) in [4.78, 5) is 5.13. The summed E-state index contributed by atoms with van der Waals surface area (Å²) in [6.07, 6.45) is 0. The molecule has 3 nitrogen and oxygen atoms in total. The Labute approximate surface area is 490 Å². The Bertz CT molecular complexity index is 5520. The molecule has 0 fully saturated rings. The second kappa shape index (κ2) is 19.4. The van der Waals surface area contributed by atoms with Crippen LogP contribution in [0.2, 0.25) is 0 Å². The van der Waals surface area contributed by atoms with Crippen molar-refractivity contribution in [3.8, 4) is 56.1 Å². The van der Waals surface area contributed by atoms with Crippen molar-refractivity contribution in [3.63, 3.8) is 0 Å². The van der Waals surface area contributed by atoms with Crippen molar-refractivity contribution in [1.29, 1.82) is 0 Å². The normalized spacial score (nSPS) is 11.9. The first-order valence-corrected chi connectivity index (χ1v) is 30.5. The van der Waals surface area contributed by atoms with E-state index in [9.17, 15) is 0 Å². The lowest BCUT2D eigenvalue weighted by atomic mass is 10.0. The van der Waals surface area contributed by atoms with Crippen LogP contribution in [0.5, 0.6) is 0 Å². The van der Waals surface area contributed by atoms with Crippen LogP contribution in [0.3, 0.4) is 0 Å². The molecule has 0 aliphatic rings. The van der Waals surface area contributed by atoms with Crippen molar-refractivity contribution in [1.82, 2.24) is 14.1 Å². The van der Waals surface area contributed by atoms with E-state index in [4.69, 9.17) is 4.98 Å². The van der Waals surface area contributed by atoms with Gasteiger partial charge >= 0.3 is 0 Å². The van der Waals surface area contributed by atoms with Crippen LogP contribution in [0, 0.1) is 0 Å². The number of para-hydroxylation sites is 2. The average Bonchev–Trinajstić information content (AvgIpc) is 3.67. The van der Waals surface area contributed by atoms with Gasteiger partial charge in [-0.3, -0.25) is 0 Å². The third kappa shape index (κ3) is 7.86. The maximum Gasteiger partial charge on any atom is 0.0730 e. The molecular weight excluding hydrogens is 1060 g/mol. The van der Waals surface area contributed by atoms with E-state index in [1.54, 1.807) is 0 Å². The molecule has 0 saturated heterocycles. The summed E-state index contributed by atoms with van der Waals surface area (Å²) < 4.78 is 12.9. The predicted octanol–water partition coefficient (Wildman–Crippen LogP) is 22.7. The topological polar surface area (TPSA) is 22.8 Å². The Hall–Kier alpha value is -9.95. The van der Waals surface area contributed by atoms with Gasteiger partial charge in [-0.2, -0.15) is 0 Å². The summed E-state index contributed by atoms with van der Waals surface area (Å²) in [5.41, 5.74) is 16.4. The van der Waals surface area contributed by atoms with Gasteiger partial charge in [0, 0.05) is 98.9 Å². The summed E-state index contributed by atoms with van der Waals surface area (Å²) in [5.74, 6) is 0. The molecule has 18 aromatic rings. The number of benzene rings is 12. The fraction of sp³-hybridized carbons (Fsp3) is 0. The minimum absolute atomic E-state index is 0.959. The molecular formula is C77H47N3S3. The van der Waals surface area contributed by atoms with E-state index in [-0.39, 0.29) is 0 Å². The predicted molar refractivity (Wildman–Crippen MR) is 360 cm³/mol. The van der Waals surface area contributed by atoms with Crippen LogP contribution in [-0.4, -0.2) is 14.1 Å². The van der Waals surface area contributed by atoms with Gasteiger partial charge in [0.25, 0.3) is 0 Å². The summed E-state index contributed by atoms with van der Waals surface area (Å²) in [7, 11) is 0. The molecule has 0 amide bonds. The van der Waals surface area contributed by atoms with Gasteiger partial charge in [-0.15, -0.1) is 34.0 Å². The molecule has 0 unspecified atom stereocenters. The number of hydrogen-bond donors (Lipinski definition) is 0. The third-order valence-corrected chi connectivity index (χ3v) is 20.2. The van der Waals surface area contributed by atoms with Crippen LogP contribution in [0.4, 0.5) is 0 Å². The lowest BCUT2D eigenvalue weighted by molar-refractivity contribution is 1.16. The molecule has 388 valence electrons. The van der Waals surface area contributed by atoms with E-state index in [0.29, 0.717) is 0 Å². The maximum absolute atomic E-state index is 5.13. The molecule has 0 N–H and O–H groups in total. The van der Waals surface area contributed by atoms with Crippen LogP contribution < -0.4 is 0 Å². The molecule has 6 heterocycles. The van der Waals surface area contributed by atoms with Crippen molar-refractivity contribution in [3.05, 3.63) is 285 Å². The molecule has 6 heteroatoms. The van der Waals surface area contributed by atoms with E-state index < -0.39 is 0 Å². The molecule has 0 bridgehead atoms. The first kappa shape index (κ1) is 47.8. The zero-order valence-corrected chi connectivity index (χ0v) is 47.2. The largest absolute Gasteiger partial charge is 0.309 e. The van der Waals surface area contributed by atoms with Gasteiger partial charge in [0.05, 0.1) is 39.1 Å². The van der Waals surface area contributed by atoms with Gasteiger partial charge < -0.3 is 9.13 Å². The number of thiophene rings is 3. The number of hydrogen-bond acceptors (Lipinski definition) is 4. The van der Waals surface area contributed by atoms with E-state index in [1.165, 1.54) is 132 Å². The number of rotatable bonds is 6. The van der Waals surface area contributed by atoms with Crippen molar-refractivity contribution < 1.29 is 0 Å².